The molecule has 108 valence electrons. The number of aromatic nitrogens is 1. The molecule has 2 rings (SSSR count). The number of methoxy groups -OCH3 is 1. The lowest BCUT2D eigenvalue weighted by atomic mass is 10.3. The number of rotatable bonds is 6. The van der Waals surface area contributed by atoms with E-state index in [4.69, 9.17) is 9.26 Å². The van der Waals surface area contributed by atoms with Crippen molar-refractivity contribution >= 4 is 10.0 Å². The molecule has 8 heteroatoms. The average molecular weight is 289 g/mol. The molecule has 1 aliphatic rings. The number of nitrogens with zero attached hydrogens (tertiary/aromatic N) is 3. The molecule has 1 saturated heterocycles. The third-order valence-corrected chi connectivity index (χ3v) is 4.98. The summed E-state index contributed by atoms with van der Waals surface area (Å²) in [4.78, 5) is 2.16. The Morgan fingerprint density at radius 2 is 2.11 bits per heavy atom. The molecule has 0 amide bonds. The van der Waals surface area contributed by atoms with Gasteiger partial charge in [0.2, 0.25) is 10.0 Å². The topological polar surface area (TPSA) is 75.9 Å². The van der Waals surface area contributed by atoms with Gasteiger partial charge >= 0.3 is 0 Å². The van der Waals surface area contributed by atoms with Crippen LogP contribution in [-0.2, 0) is 21.3 Å². The maximum absolute atomic E-state index is 12.0. The second kappa shape index (κ2) is 6.47. The van der Waals surface area contributed by atoms with Crippen LogP contribution in [0.5, 0.6) is 0 Å². The molecule has 1 aliphatic heterocycles. The van der Waals surface area contributed by atoms with Crippen molar-refractivity contribution in [2.45, 2.75) is 6.54 Å². The Balaban J connectivity index is 1.82. The van der Waals surface area contributed by atoms with Crippen molar-refractivity contribution in [1.29, 1.82) is 0 Å². The second-order valence-electron chi connectivity index (χ2n) is 4.46. The predicted octanol–water partition coefficient (Wildman–Crippen LogP) is -0.232. The molecule has 0 atom stereocenters. The Hall–Kier alpha value is -0.960. The zero-order valence-corrected chi connectivity index (χ0v) is 11.8. The summed E-state index contributed by atoms with van der Waals surface area (Å²) in [6.45, 7) is 3.34. The lowest BCUT2D eigenvalue weighted by Crippen LogP contribution is -2.49. The van der Waals surface area contributed by atoms with E-state index in [-0.39, 0.29) is 12.4 Å². The van der Waals surface area contributed by atoms with Crippen LogP contribution in [0.4, 0.5) is 0 Å². The van der Waals surface area contributed by atoms with Gasteiger partial charge in [-0.3, -0.25) is 4.90 Å². The molecule has 7 nitrogen and oxygen atoms in total. The first-order valence-electron chi connectivity index (χ1n) is 6.20. The molecule has 0 bridgehead atoms. The zero-order chi connectivity index (χ0) is 13.7. The summed E-state index contributed by atoms with van der Waals surface area (Å²) in [6.07, 6.45) is 1.61. The molecule has 1 aromatic rings. The van der Waals surface area contributed by atoms with Crippen LogP contribution in [0, 0.1) is 0 Å². The van der Waals surface area contributed by atoms with Gasteiger partial charge in [0.05, 0.1) is 25.1 Å². The van der Waals surface area contributed by atoms with Gasteiger partial charge in [-0.1, -0.05) is 5.16 Å². The van der Waals surface area contributed by atoms with Crippen LogP contribution >= 0.6 is 0 Å². The first-order valence-corrected chi connectivity index (χ1v) is 7.81. The maximum Gasteiger partial charge on any atom is 0.216 e. The van der Waals surface area contributed by atoms with Gasteiger partial charge in [-0.05, 0) is 0 Å². The van der Waals surface area contributed by atoms with Crippen molar-refractivity contribution in [3.05, 3.63) is 18.0 Å². The number of ether oxygens (including phenoxy) is 1. The Morgan fingerprint density at radius 1 is 1.37 bits per heavy atom. The smallest absolute Gasteiger partial charge is 0.216 e. The Morgan fingerprint density at radius 3 is 2.68 bits per heavy atom. The summed E-state index contributed by atoms with van der Waals surface area (Å²) in [5, 5.41) is 3.65. The molecular weight excluding hydrogens is 270 g/mol. The molecule has 0 aliphatic carbocycles. The lowest BCUT2D eigenvalue weighted by Gasteiger charge is -2.33. The monoisotopic (exact) mass is 289 g/mol. The van der Waals surface area contributed by atoms with E-state index in [2.05, 4.69) is 10.1 Å². The maximum atomic E-state index is 12.0. The Kier molecular flexibility index (Phi) is 4.92. The molecule has 19 heavy (non-hydrogen) atoms. The predicted molar refractivity (Wildman–Crippen MR) is 69.0 cm³/mol. The fourth-order valence-electron chi connectivity index (χ4n) is 2.03. The third kappa shape index (κ3) is 4.00. The molecule has 1 aromatic heterocycles. The molecule has 0 saturated carbocycles. The van der Waals surface area contributed by atoms with E-state index in [1.54, 1.807) is 6.20 Å². The normalized spacial score (nSPS) is 18.8. The highest BCUT2D eigenvalue weighted by molar-refractivity contribution is 7.89. The lowest BCUT2D eigenvalue weighted by molar-refractivity contribution is 0.164. The molecule has 0 aromatic carbocycles. The van der Waals surface area contributed by atoms with E-state index in [1.807, 2.05) is 6.07 Å². The summed E-state index contributed by atoms with van der Waals surface area (Å²) in [5.74, 6) is 0.849. The highest BCUT2D eigenvalue weighted by Crippen LogP contribution is 2.11. The van der Waals surface area contributed by atoms with Crippen LogP contribution in [0.2, 0.25) is 0 Å². The fraction of sp³-hybridized carbons (Fsp3) is 0.727. The van der Waals surface area contributed by atoms with Gasteiger partial charge in [-0.25, -0.2) is 8.42 Å². The molecule has 1 fully saturated rings. The number of piperazine rings is 1. The van der Waals surface area contributed by atoms with E-state index in [0.29, 0.717) is 32.7 Å². The van der Waals surface area contributed by atoms with Gasteiger partial charge in [0.15, 0.2) is 5.76 Å². The zero-order valence-electron chi connectivity index (χ0n) is 11.0. The standard InChI is InChI=1S/C11H19N3O4S/c1-17-8-9-19(15,16)14-6-4-13(5-7-14)10-11-2-3-12-18-11/h2-3H,4-10H2,1H3. The van der Waals surface area contributed by atoms with Crippen molar-refractivity contribution in [2.75, 3.05) is 45.6 Å². The van der Waals surface area contributed by atoms with Gasteiger partial charge in [0, 0.05) is 39.4 Å². The SMILES string of the molecule is COCCS(=O)(=O)N1CCN(Cc2ccno2)CC1. The van der Waals surface area contributed by atoms with Crippen molar-refractivity contribution in [2.24, 2.45) is 0 Å². The molecule has 2 heterocycles. The van der Waals surface area contributed by atoms with Crippen LogP contribution in [-0.4, -0.2) is 68.4 Å². The molecule has 0 spiro atoms. The third-order valence-electron chi connectivity index (χ3n) is 3.14. The first-order chi connectivity index (χ1) is 9.12. The fourth-order valence-corrected chi connectivity index (χ4v) is 3.38. The summed E-state index contributed by atoms with van der Waals surface area (Å²) in [6, 6.07) is 1.82. The number of hydrogen-bond donors (Lipinski definition) is 0. The van der Waals surface area contributed by atoms with E-state index >= 15 is 0 Å². The highest BCUT2D eigenvalue weighted by Gasteiger charge is 2.26. The minimum Gasteiger partial charge on any atom is -0.384 e. The molecule has 0 radical (unpaired) electrons. The summed E-state index contributed by atoms with van der Waals surface area (Å²) in [7, 11) is -1.68. The van der Waals surface area contributed by atoms with Crippen LogP contribution in [0.1, 0.15) is 5.76 Å². The van der Waals surface area contributed by atoms with Crippen LogP contribution in [0.25, 0.3) is 0 Å². The van der Waals surface area contributed by atoms with Gasteiger partial charge in [0.1, 0.15) is 0 Å². The van der Waals surface area contributed by atoms with Crippen LogP contribution in [0.15, 0.2) is 16.8 Å². The van der Waals surface area contributed by atoms with E-state index in [0.717, 1.165) is 5.76 Å². The minimum absolute atomic E-state index is 0.0472. The van der Waals surface area contributed by atoms with Gasteiger partial charge in [-0.2, -0.15) is 4.31 Å². The van der Waals surface area contributed by atoms with Crippen LogP contribution in [0.3, 0.4) is 0 Å². The Labute approximate surface area is 113 Å². The van der Waals surface area contributed by atoms with Crippen molar-refractivity contribution in [1.82, 2.24) is 14.4 Å². The average Bonchev–Trinajstić information content (AvgIpc) is 2.90. The largest absolute Gasteiger partial charge is 0.384 e. The van der Waals surface area contributed by atoms with Crippen LogP contribution < -0.4 is 0 Å². The highest BCUT2D eigenvalue weighted by atomic mass is 32.2. The molecule has 0 unspecified atom stereocenters. The van der Waals surface area contributed by atoms with E-state index in [1.165, 1.54) is 11.4 Å². The van der Waals surface area contributed by atoms with Crippen molar-refractivity contribution in [3.63, 3.8) is 0 Å². The number of hydrogen-bond acceptors (Lipinski definition) is 6. The number of sulfonamides is 1. The Bertz CT molecular complexity index is 466. The quantitative estimate of drug-likeness (QED) is 0.720. The van der Waals surface area contributed by atoms with Crippen molar-refractivity contribution < 1.29 is 17.7 Å². The molecular formula is C11H19N3O4S. The van der Waals surface area contributed by atoms with Gasteiger partial charge in [0.25, 0.3) is 0 Å². The van der Waals surface area contributed by atoms with Gasteiger partial charge < -0.3 is 9.26 Å². The summed E-state index contributed by atoms with van der Waals surface area (Å²) in [5.41, 5.74) is 0. The second-order valence-corrected chi connectivity index (χ2v) is 6.55. The summed E-state index contributed by atoms with van der Waals surface area (Å²) >= 11 is 0. The first kappa shape index (κ1) is 14.4. The minimum atomic E-state index is -3.19. The summed E-state index contributed by atoms with van der Waals surface area (Å²) < 4.78 is 35.3. The van der Waals surface area contributed by atoms with E-state index < -0.39 is 10.0 Å². The van der Waals surface area contributed by atoms with E-state index in [9.17, 15) is 8.42 Å². The van der Waals surface area contributed by atoms with Crippen molar-refractivity contribution in [3.8, 4) is 0 Å². The van der Waals surface area contributed by atoms with Gasteiger partial charge in [-0.15, -0.1) is 0 Å². The molecule has 0 N–H and O–H groups in total.